The number of carboxylic acid groups (broad SMARTS) is 1. The van der Waals surface area contributed by atoms with Crippen molar-refractivity contribution in [2.24, 2.45) is 0 Å². The van der Waals surface area contributed by atoms with E-state index in [1.165, 1.54) is 20.8 Å². The van der Waals surface area contributed by atoms with Crippen LogP contribution in [0.1, 0.15) is 35.5 Å². The number of fused-ring (bicyclic) bond motifs is 1. The molecule has 0 spiro atoms. The zero-order valence-electron chi connectivity index (χ0n) is 16.8. The van der Waals surface area contributed by atoms with Crippen LogP contribution in [-0.2, 0) is 10.2 Å². The number of aromatic hydroxyl groups is 1. The van der Waals surface area contributed by atoms with Gasteiger partial charge in [-0.2, -0.15) is 0 Å². The Morgan fingerprint density at radius 3 is 2.12 bits per heavy atom. The van der Waals surface area contributed by atoms with Crippen molar-refractivity contribution in [3.63, 3.8) is 0 Å². The second-order valence-corrected chi connectivity index (χ2v) is 7.52. The fourth-order valence-corrected chi connectivity index (χ4v) is 3.55. The lowest BCUT2D eigenvalue weighted by atomic mass is 9.82. The summed E-state index contributed by atoms with van der Waals surface area (Å²) in [7, 11) is 0. The number of hydrogen-bond acceptors (Lipinski definition) is 4. The van der Waals surface area contributed by atoms with Gasteiger partial charge in [-0.3, -0.25) is 14.2 Å². The largest absolute Gasteiger partial charge is 0.573 e. The summed E-state index contributed by atoms with van der Waals surface area (Å²) in [4.78, 5) is 25.0. The van der Waals surface area contributed by atoms with Gasteiger partial charge in [-0.05, 0) is 45.0 Å². The third kappa shape index (κ3) is 3.74. The molecule has 0 unspecified atom stereocenters. The van der Waals surface area contributed by atoms with E-state index in [2.05, 4.69) is 4.74 Å². The van der Waals surface area contributed by atoms with Gasteiger partial charge in [0.1, 0.15) is 5.75 Å². The first-order valence-electron chi connectivity index (χ1n) is 9.03. The van der Waals surface area contributed by atoms with E-state index in [9.17, 15) is 41.8 Å². The number of halogens is 5. The summed E-state index contributed by atoms with van der Waals surface area (Å²) in [5, 5.41) is 18.9. The molecule has 0 fully saturated rings. The Labute approximate surface area is 177 Å². The lowest BCUT2D eigenvalue weighted by Gasteiger charge is -2.20. The van der Waals surface area contributed by atoms with Crippen molar-refractivity contribution in [3.8, 4) is 11.5 Å². The van der Waals surface area contributed by atoms with Crippen molar-refractivity contribution in [2.45, 2.75) is 32.5 Å². The Bertz CT molecular complexity index is 1240. The summed E-state index contributed by atoms with van der Waals surface area (Å²) in [6, 6.07) is 4.49. The number of carboxylic acids is 1. The van der Waals surface area contributed by atoms with Gasteiger partial charge in [-0.1, -0.05) is 0 Å². The van der Waals surface area contributed by atoms with Gasteiger partial charge in [0, 0.05) is 28.3 Å². The molecule has 0 aliphatic carbocycles. The number of nitrogens with zero attached hydrogens (tertiary/aromatic N) is 1. The van der Waals surface area contributed by atoms with E-state index in [-0.39, 0.29) is 22.3 Å². The molecule has 0 saturated carbocycles. The Kier molecular flexibility index (Phi) is 5.40. The van der Waals surface area contributed by atoms with Crippen LogP contribution in [0.15, 0.2) is 30.3 Å². The number of carbonyl (C=O) groups is 2. The van der Waals surface area contributed by atoms with E-state index in [0.29, 0.717) is 6.07 Å². The lowest BCUT2D eigenvalue weighted by molar-refractivity contribution is -0.274. The predicted octanol–water partition coefficient (Wildman–Crippen LogP) is 4.88. The van der Waals surface area contributed by atoms with E-state index < -0.39 is 52.2 Å². The monoisotopic (exact) mass is 457 g/mol. The molecule has 0 aliphatic heterocycles. The van der Waals surface area contributed by atoms with Gasteiger partial charge in [0.2, 0.25) is 0 Å². The molecule has 0 aliphatic rings. The summed E-state index contributed by atoms with van der Waals surface area (Å²) in [5.74, 6) is -6.99. The van der Waals surface area contributed by atoms with Crippen LogP contribution in [0, 0.1) is 18.6 Å². The van der Waals surface area contributed by atoms with Crippen molar-refractivity contribution in [2.75, 3.05) is 0 Å². The Balaban J connectivity index is 2.26. The third-order valence-electron chi connectivity index (χ3n) is 5.06. The molecular formula is C21H16F5NO5. The summed E-state index contributed by atoms with van der Waals surface area (Å²) in [6.07, 6.45) is -4.94. The minimum absolute atomic E-state index is 0.0445. The van der Waals surface area contributed by atoms with Crippen LogP contribution in [0.25, 0.3) is 10.9 Å². The molecule has 6 nitrogen and oxygen atoms in total. The van der Waals surface area contributed by atoms with Gasteiger partial charge in [-0.15, -0.1) is 13.2 Å². The van der Waals surface area contributed by atoms with E-state index >= 15 is 0 Å². The number of phenols is 1. The minimum Gasteiger partial charge on any atom is -0.503 e. The maximum Gasteiger partial charge on any atom is 0.573 e. The van der Waals surface area contributed by atoms with Crippen LogP contribution in [0.3, 0.4) is 0 Å². The van der Waals surface area contributed by atoms with E-state index in [1.54, 1.807) is 0 Å². The number of hydrogen-bond donors (Lipinski definition) is 2. The fourth-order valence-electron chi connectivity index (χ4n) is 3.55. The highest BCUT2D eigenvalue weighted by Gasteiger charge is 2.38. The molecule has 3 aromatic rings. The average molecular weight is 457 g/mol. The van der Waals surface area contributed by atoms with Gasteiger partial charge in [0.15, 0.2) is 17.4 Å². The van der Waals surface area contributed by atoms with Crippen LogP contribution in [0.5, 0.6) is 11.5 Å². The number of aromatic nitrogens is 1. The number of benzene rings is 2. The number of alkyl halides is 3. The summed E-state index contributed by atoms with van der Waals surface area (Å²) < 4.78 is 70.6. The van der Waals surface area contributed by atoms with Crippen molar-refractivity contribution >= 4 is 22.8 Å². The highest BCUT2D eigenvalue weighted by Crippen LogP contribution is 2.41. The summed E-state index contributed by atoms with van der Waals surface area (Å²) >= 11 is 0. The van der Waals surface area contributed by atoms with Crippen LogP contribution in [0.2, 0.25) is 0 Å². The Hall–Kier alpha value is -3.63. The third-order valence-corrected chi connectivity index (χ3v) is 5.06. The smallest absolute Gasteiger partial charge is 0.503 e. The SMILES string of the molecule is Cc1c(C(C)(C)C(=O)O)c2c(F)c(O)c(F)cc2n1C(=O)c1ccc(OC(F)(F)F)cc1. The first kappa shape index (κ1) is 23.0. The van der Waals surface area contributed by atoms with E-state index in [1.807, 2.05) is 0 Å². The average Bonchev–Trinajstić information content (AvgIpc) is 2.97. The second kappa shape index (κ2) is 7.50. The lowest BCUT2D eigenvalue weighted by Crippen LogP contribution is -2.29. The molecule has 2 N–H and O–H groups in total. The Morgan fingerprint density at radius 1 is 1.06 bits per heavy atom. The standard InChI is InChI=1S/C21H16F5NO5/c1-9-15(20(2,3)19(30)31)14-13(8-12(22)17(28)16(14)23)27(9)18(29)10-4-6-11(7-5-10)32-21(24,25)26/h4-8,28H,1-3H3,(H,30,31). The van der Waals surface area contributed by atoms with Gasteiger partial charge < -0.3 is 14.9 Å². The highest BCUT2D eigenvalue weighted by molar-refractivity contribution is 6.06. The molecule has 32 heavy (non-hydrogen) atoms. The molecule has 11 heteroatoms. The van der Waals surface area contributed by atoms with Crippen LogP contribution in [-0.4, -0.2) is 33.0 Å². The normalized spacial score (nSPS) is 12.2. The number of carbonyl (C=O) groups excluding carboxylic acids is 1. The molecule has 0 saturated heterocycles. The van der Waals surface area contributed by atoms with Crippen LogP contribution in [0.4, 0.5) is 22.0 Å². The molecule has 1 aromatic heterocycles. The van der Waals surface area contributed by atoms with Gasteiger partial charge in [0.25, 0.3) is 5.91 Å². The second-order valence-electron chi connectivity index (χ2n) is 7.52. The number of ether oxygens (including phenoxy) is 1. The molecule has 170 valence electrons. The maximum atomic E-state index is 14.9. The molecule has 0 radical (unpaired) electrons. The van der Waals surface area contributed by atoms with Gasteiger partial charge in [0.05, 0.1) is 10.9 Å². The topological polar surface area (TPSA) is 88.8 Å². The van der Waals surface area contributed by atoms with Gasteiger partial charge >= 0.3 is 12.3 Å². The summed E-state index contributed by atoms with van der Waals surface area (Å²) in [6.45, 7) is 3.80. The van der Waals surface area contributed by atoms with Gasteiger partial charge in [-0.25, -0.2) is 8.78 Å². The van der Waals surface area contributed by atoms with Crippen molar-refractivity contribution in [3.05, 3.63) is 58.8 Å². The predicted molar refractivity (Wildman–Crippen MR) is 102 cm³/mol. The fraction of sp³-hybridized carbons (Fsp3) is 0.238. The molecule has 3 rings (SSSR count). The van der Waals surface area contributed by atoms with Crippen molar-refractivity contribution in [1.29, 1.82) is 0 Å². The molecular weight excluding hydrogens is 441 g/mol. The first-order chi connectivity index (χ1) is 14.7. The molecule has 1 heterocycles. The van der Waals surface area contributed by atoms with Crippen molar-refractivity contribution < 1.29 is 46.5 Å². The number of rotatable bonds is 4. The summed E-state index contributed by atoms with van der Waals surface area (Å²) in [5.41, 5.74) is -2.47. The first-order valence-corrected chi connectivity index (χ1v) is 9.03. The quantitative estimate of drug-likeness (QED) is 0.545. The Morgan fingerprint density at radius 2 is 1.62 bits per heavy atom. The number of phenolic OH excluding ortho intramolecular Hbond substituents is 1. The molecule has 0 amide bonds. The van der Waals surface area contributed by atoms with Crippen molar-refractivity contribution in [1.82, 2.24) is 4.57 Å². The zero-order chi connectivity index (χ0) is 24.2. The minimum atomic E-state index is -4.94. The molecule has 2 aromatic carbocycles. The van der Waals surface area contributed by atoms with Crippen LogP contribution < -0.4 is 4.74 Å². The maximum absolute atomic E-state index is 14.9. The van der Waals surface area contributed by atoms with E-state index in [4.69, 9.17) is 0 Å². The zero-order valence-corrected chi connectivity index (χ0v) is 16.8. The molecule has 0 bridgehead atoms. The van der Waals surface area contributed by atoms with E-state index in [0.717, 1.165) is 28.8 Å². The molecule has 0 atom stereocenters. The highest BCUT2D eigenvalue weighted by atomic mass is 19.4. The van der Waals surface area contributed by atoms with Crippen LogP contribution >= 0.6 is 0 Å². The number of aliphatic carboxylic acids is 1.